The van der Waals surface area contributed by atoms with E-state index in [2.05, 4.69) is 34.1 Å². The summed E-state index contributed by atoms with van der Waals surface area (Å²) in [5.41, 5.74) is 5.20. The van der Waals surface area contributed by atoms with Gasteiger partial charge in [-0.3, -0.25) is 19.4 Å². The van der Waals surface area contributed by atoms with E-state index in [4.69, 9.17) is 0 Å². The molecule has 5 heteroatoms. The van der Waals surface area contributed by atoms with Gasteiger partial charge in [-0.15, -0.1) is 0 Å². The lowest BCUT2D eigenvalue weighted by Gasteiger charge is -2.37. The molecule has 2 amide bonds. The second kappa shape index (κ2) is 8.09. The predicted octanol–water partition coefficient (Wildman–Crippen LogP) is 3.06. The fourth-order valence-corrected chi connectivity index (χ4v) is 4.74. The van der Waals surface area contributed by atoms with Gasteiger partial charge in [0, 0.05) is 32.7 Å². The largest absolute Gasteiger partial charge is 0.297 e. The second-order valence-corrected chi connectivity index (χ2v) is 8.33. The second-order valence-electron chi connectivity index (χ2n) is 8.33. The first-order valence-electron chi connectivity index (χ1n) is 10.4. The van der Waals surface area contributed by atoms with Gasteiger partial charge in [-0.25, -0.2) is 4.90 Å². The van der Waals surface area contributed by atoms with Crippen LogP contribution in [-0.4, -0.2) is 53.8 Å². The SMILES string of the molecule is Cc1cc(C)c(N2C(=O)C[C@@H](N3CCN(Cc4ccccc4)CC3)C2=O)c(C)c1. The molecule has 2 aliphatic rings. The van der Waals surface area contributed by atoms with Crippen LogP contribution in [0.25, 0.3) is 0 Å². The lowest BCUT2D eigenvalue weighted by Crippen LogP contribution is -2.52. The fraction of sp³-hybridized carbons (Fsp3) is 0.417. The van der Waals surface area contributed by atoms with Crippen LogP contribution in [0.2, 0.25) is 0 Å². The maximum atomic E-state index is 13.2. The highest BCUT2D eigenvalue weighted by molar-refractivity contribution is 6.23. The quantitative estimate of drug-likeness (QED) is 0.752. The van der Waals surface area contributed by atoms with Crippen LogP contribution in [0.1, 0.15) is 28.7 Å². The third-order valence-corrected chi connectivity index (χ3v) is 6.08. The van der Waals surface area contributed by atoms with Crippen molar-refractivity contribution in [1.82, 2.24) is 9.80 Å². The zero-order valence-corrected chi connectivity index (χ0v) is 17.5. The molecular formula is C24H29N3O2. The Labute approximate surface area is 172 Å². The molecule has 0 N–H and O–H groups in total. The van der Waals surface area contributed by atoms with Crippen molar-refractivity contribution in [3.8, 4) is 0 Å². The number of nitrogens with zero attached hydrogens (tertiary/aromatic N) is 3. The molecule has 5 nitrogen and oxygen atoms in total. The summed E-state index contributed by atoms with van der Waals surface area (Å²) in [4.78, 5) is 32.1. The molecule has 0 saturated carbocycles. The first kappa shape index (κ1) is 19.8. The topological polar surface area (TPSA) is 43.9 Å². The van der Waals surface area contributed by atoms with E-state index < -0.39 is 0 Å². The van der Waals surface area contributed by atoms with Crippen LogP contribution in [0.4, 0.5) is 5.69 Å². The number of aryl methyl sites for hydroxylation is 3. The highest BCUT2D eigenvalue weighted by Crippen LogP contribution is 2.32. The number of hydrogen-bond acceptors (Lipinski definition) is 4. The number of carbonyl (C=O) groups excluding carboxylic acids is 2. The molecular weight excluding hydrogens is 362 g/mol. The van der Waals surface area contributed by atoms with Crippen molar-refractivity contribution in [3.63, 3.8) is 0 Å². The average molecular weight is 392 g/mol. The van der Waals surface area contributed by atoms with Gasteiger partial charge in [0.05, 0.1) is 18.2 Å². The van der Waals surface area contributed by atoms with Crippen molar-refractivity contribution in [2.75, 3.05) is 31.1 Å². The van der Waals surface area contributed by atoms with Gasteiger partial charge in [0.1, 0.15) is 0 Å². The minimum Gasteiger partial charge on any atom is -0.297 e. The Morgan fingerprint density at radius 1 is 0.897 bits per heavy atom. The van der Waals surface area contributed by atoms with E-state index in [9.17, 15) is 9.59 Å². The van der Waals surface area contributed by atoms with Crippen molar-refractivity contribution in [2.24, 2.45) is 0 Å². The molecule has 1 atom stereocenters. The molecule has 0 aliphatic carbocycles. The van der Waals surface area contributed by atoms with E-state index >= 15 is 0 Å². The molecule has 0 aromatic heterocycles. The number of benzene rings is 2. The van der Waals surface area contributed by atoms with E-state index in [0.717, 1.165) is 55.1 Å². The lowest BCUT2D eigenvalue weighted by molar-refractivity contribution is -0.123. The Hall–Kier alpha value is -2.50. The van der Waals surface area contributed by atoms with E-state index in [1.165, 1.54) is 10.5 Å². The number of amides is 2. The molecule has 2 saturated heterocycles. The molecule has 29 heavy (non-hydrogen) atoms. The number of piperazine rings is 1. The minimum absolute atomic E-state index is 0.0680. The normalized spacial score (nSPS) is 21.2. The highest BCUT2D eigenvalue weighted by atomic mass is 16.2. The molecule has 0 radical (unpaired) electrons. The van der Waals surface area contributed by atoms with Crippen LogP contribution < -0.4 is 4.90 Å². The van der Waals surface area contributed by atoms with Crippen molar-refractivity contribution in [1.29, 1.82) is 0 Å². The Balaban J connectivity index is 1.44. The molecule has 2 heterocycles. The van der Waals surface area contributed by atoms with Crippen molar-refractivity contribution in [3.05, 3.63) is 64.7 Å². The maximum Gasteiger partial charge on any atom is 0.251 e. The monoisotopic (exact) mass is 391 g/mol. The molecule has 2 fully saturated rings. The lowest BCUT2D eigenvalue weighted by atomic mass is 10.0. The summed E-state index contributed by atoms with van der Waals surface area (Å²) in [6.07, 6.45) is 0.282. The van der Waals surface area contributed by atoms with E-state index in [1.807, 2.05) is 39.0 Å². The molecule has 0 unspecified atom stereocenters. The Morgan fingerprint density at radius 2 is 1.52 bits per heavy atom. The first-order valence-corrected chi connectivity index (χ1v) is 10.4. The zero-order valence-electron chi connectivity index (χ0n) is 17.5. The summed E-state index contributed by atoms with van der Waals surface area (Å²) in [5.74, 6) is -0.150. The summed E-state index contributed by atoms with van der Waals surface area (Å²) in [6.45, 7) is 10.4. The molecule has 2 aromatic carbocycles. The number of carbonyl (C=O) groups is 2. The molecule has 0 spiro atoms. The number of hydrogen-bond donors (Lipinski definition) is 0. The van der Waals surface area contributed by atoms with Crippen LogP contribution in [0, 0.1) is 20.8 Å². The number of imide groups is 1. The van der Waals surface area contributed by atoms with E-state index in [0.29, 0.717) is 0 Å². The summed E-state index contributed by atoms with van der Waals surface area (Å²) >= 11 is 0. The van der Waals surface area contributed by atoms with Gasteiger partial charge in [-0.2, -0.15) is 0 Å². The Morgan fingerprint density at radius 3 is 2.14 bits per heavy atom. The zero-order chi connectivity index (χ0) is 20.5. The molecule has 152 valence electrons. The van der Waals surface area contributed by atoms with Crippen LogP contribution in [0.15, 0.2) is 42.5 Å². The summed E-state index contributed by atoms with van der Waals surface area (Å²) in [6, 6.07) is 14.2. The Bertz CT molecular complexity index is 894. The van der Waals surface area contributed by atoms with Crippen LogP contribution >= 0.6 is 0 Å². The fourth-order valence-electron chi connectivity index (χ4n) is 4.74. The van der Waals surface area contributed by atoms with E-state index in [-0.39, 0.29) is 24.3 Å². The maximum absolute atomic E-state index is 13.2. The molecule has 0 bridgehead atoms. The van der Waals surface area contributed by atoms with Gasteiger partial charge in [-0.05, 0) is 37.5 Å². The molecule has 2 aromatic rings. The van der Waals surface area contributed by atoms with Crippen LogP contribution in [0.3, 0.4) is 0 Å². The summed E-state index contributed by atoms with van der Waals surface area (Å²) < 4.78 is 0. The minimum atomic E-state index is -0.332. The van der Waals surface area contributed by atoms with Crippen molar-refractivity contribution in [2.45, 2.75) is 39.8 Å². The highest BCUT2D eigenvalue weighted by Gasteiger charge is 2.44. The third-order valence-electron chi connectivity index (χ3n) is 6.08. The average Bonchev–Trinajstić information content (AvgIpc) is 2.97. The summed E-state index contributed by atoms with van der Waals surface area (Å²) in [5, 5.41) is 0. The van der Waals surface area contributed by atoms with Crippen LogP contribution in [-0.2, 0) is 16.1 Å². The van der Waals surface area contributed by atoms with Crippen LogP contribution in [0.5, 0.6) is 0 Å². The molecule has 2 aliphatic heterocycles. The molecule has 4 rings (SSSR count). The van der Waals surface area contributed by atoms with E-state index in [1.54, 1.807) is 0 Å². The number of anilines is 1. The third kappa shape index (κ3) is 3.98. The summed E-state index contributed by atoms with van der Waals surface area (Å²) in [7, 11) is 0. The smallest absolute Gasteiger partial charge is 0.251 e. The first-order chi connectivity index (χ1) is 13.9. The van der Waals surface area contributed by atoms with Gasteiger partial charge in [-0.1, -0.05) is 48.0 Å². The van der Waals surface area contributed by atoms with Gasteiger partial charge in [0.2, 0.25) is 5.91 Å². The van der Waals surface area contributed by atoms with Gasteiger partial charge >= 0.3 is 0 Å². The standard InChI is InChI=1S/C24H29N3O2/c1-17-13-18(2)23(19(3)14-17)27-22(28)15-21(24(27)29)26-11-9-25(10-12-26)16-20-7-5-4-6-8-20/h4-8,13-14,21H,9-12,15-16H2,1-3H3/t21-/m1/s1. The van der Waals surface area contributed by atoms with Gasteiger partial charge < -0.3 is 0 Å². The van der Waals surface area contributed by atoms with Gasteiger partial charge in [0.25, 0.3) is 5.91 Å². The predicted molar refractivity (Wildman–Crippen MR) is 115 cm³/mol. The number of rotatable bonds is 4. The van der Waals surface area contributed by atoms with Crippen molar-refractivity contribution >= 4 is 17.5 Å². The Kier molecular flexibility index (Phi) is 5.52. The van der Waals surface area contributed by atoms with Gasteiger partial charge in [0.15, 0.2) is 0 Å². The van der Waals surface area contributed by atoms with Crippen molar-refractivity contribution < 1.29 is 9.59 Å².